The molecule has 2 saturated carbocycles. The highest BCUT2D eigenvalue weighted by Crippen LogP contribution is 2.41. The fourth-order valence-electron chi connectivity index (χ4n) is 3.33. The van der Waals surface area contributed by atoms with E-state index < -0.39 is 0 Å². The number of hydrogen-bond donors (Lipinski definition) is 1. The highest BCUT2D eigenvalue weighted by atomic mass is 15.0. The Hall–Kier alpha value is -0.820. The third-order valence-electron chi connectivity index (χ3n) is 4.71. The minimum atomic E-state index is 0.553. The van der Waals surface area contributed by atoms with Crippen LogP contribution in [0.25, 0.3) is 0 Å². The molecule has 98 valence electrons. The Kier molecular flexibility index (Phi) is 3.43. The van der Waals surface area contributed by atoms with Crippen LogP contribution < -0.4 is 5.32 Å². The lowest BCUT2D eigenvalue weighted by molar-refractivity contribution is 0.276. The highest BCUT2D eigenvalue weighted by molar-refractivity contribution is 5.22. The molecule has 0 bridgehead atoms. The summed E-state index contributed by atoms with van der Waals surface area (Å²) in [5.74, 6) is 0. The van der Waals surface area contributed by atoms with Gasteiger partial charge in [0.2, 0.25) is 0 Å². The second-order valence-corrected chi connectivity index (χ2v) is 6.52. The number of hydrogen-bond acceptors (Lipinski definition) is 1. The van der Waals surface area contributed by atoms with Crippen molar-refractivity contribution in [3.05, 3.63) is 35.4 Å². The summed E-state index contributed by atoms with van der Waals surface area (Å²) in [5.41, 5.74) is 3.45. The first-order valence-corrected chi connectivity index (χ1v) is 7.55. The number of rotatable bonds is 5. The molecule has 3 rings (SSSR count). The predicted octanol–water partition coefficient (Wildman–Crippen LogP) is 3.85. The minimum Gasteiger partial charge on any atom is -0.313 e. The van der Waals surface area contributed by atoms with Crippen molar-refractivity contribution in [3.63, 3.8) is 0 Å². The number of nitrogens with one attached hydrogen (secondary N) is 1. The van der Waals surface area contributed by atoms with Crippen molar-refractivity contribution >= 4 is 0 Å². The summed E-state index contributed by atoms with van der Waals surface area (Å²) < 4.78 is 0. The average Bonchev–Trinajstić information content (AvgIpc) is 3.10. The van der Waals surface area contributed by atoms with Gasteiger partial charge in [0.05, 0.1) is 0 Å². The molecule has 0 heterocycles. The van der Waals surface area contributed by atoms with E-state index in [2.05, 4.69) is 36.5 Å². The van der Waals surface area contributed by atoms with Gasteiger partial charge in [-0.05, 0) is 50.0 Å². The van der Waals surface area contributed by atoms with Gasteiger partial charge in [-0.15, -0.1) is 0 Å². The SMILES string of the molecule is Cc1ccc(CC2(CNC3CC3)CCCC2)cc1. The summed E-state index contributed by atoms with van der Waals surface area (Å²) in [4.78, 5) is 0. The van der Waals surface area contributed by atoms with Crippen molar-refractivity contribution in [2.24, 2.45) is 5.41 Å². The van der Waals surface area contributed by atoms with E-state index in [9.17, 15) is 0 Å². The van der Waals surface area contributed by atoms with Gasteiger partial charge in [-0.2, -0.15) is 0 Å². The smallest absolute Gasteiger partial charge is 0.00684 e. The van der Waals surface area contributed by atoms with Crippen LogP contribution in [0, 0.1) is 12.3 Å². The molecule has 0 radical (unpaired) electrons. The fraction of sp³-hybridized carbons (Fsp3) is 0.647. The molecule has 1 aromatic carbocycles. The Labute approximate surface area is 111 Å². The molecule has 1 nitrogen and oxygen atoms in total. The topological polar surface area (TPSA) is 12.0 Å². The molecule has 2 aliphatic rings. The van der Waals surface area contributed by atoms with Crippen LogP contribution in [0.2, 0.25) is 0 Å². The number of aryl methyl sites for hydroxylation is 1. The van der Waals surface area contributed by atoms with Gasteiger partial charge in [0.15, 0.2) is 0 Å². The maximum absolute atomic E-state index is 3.77. The maximum atomic E-state index is 3.77. The molecule has 0 saturated heterocycles. The van der Waals surface area contributed by atoms with Gasteiger partial charge in [-0.1, -0.05) is 42.7 Å². The highest BCUT2D eigenvalue weighted by Gasteiger charge is 2.35. The Morgan fingerprint density at radius 1 is 1.11 bits per heavy atom. The maximum Gasteiger partial charge on any atom is 0.00684 e. The molecule has 0 amide bonds. The van der Waals surface area contributed by atoms with Crippen LogP contribution in [0.15, 0.2) is 24.3 Å². The Bertz CT molecular complexity index is 383. The molecule has 18 heavy (non-hydrogen) atoms. The van der Waals surface area contributed by atoms with Gasteiger partial charge in [-0.3, -0.25) is 0 Å². The first kappa shape index (κ1) is 12.2. The van der Waals surface area contributed by atoms with E-state index in [0.717, 1.165) is 6.04 Å². The third-order valence-corrected chi connectivity index (χ3v) is 4.71. The first-order chi connectivity index (χ1) is 8.76. The van der Waals surface area contributed by atoms with Gasteiger partial charge in [0.1, 0.15) is 0 Å². The summed E-state index contributed by atoms with van der Waals surface area (Å²) in [6, 6.07) is 10.0. The molecule has 0 atom stereocenters. The first-order valence-electron chi connectivity index (χ1n) is 7.55. The second-order valence-electron chi connectivity index (χ2n) is 6.52. The molecule has 0 unspecified atom stereocenters. The van der Waals surface area contributed by atoms with Gasteiger partial charge in [0.25, 0.3) is 0 Å². The van der Waals surface area contributed by atoms with E-state index >= 15 is 0 Å². The van der Waals surface area contributed by atoms with Crippen molar-refractivity contribution in [1.29, 1.82) is 0 Å². The van der Waals surface area contributed by atoms with Crippen molar-refractivity contribution in [1.82, 2.24) is 5.32 Å². The van der Waals surface area contributed by atoms with Crippen LogP contribution in [0.3, 0.4) is 0 Å². The van der Waals surface area contributed by atoms with Crippen molar-refractivity contribution in [3.8, 4) is 0 Å². The predicted molar refractivity (Wildman–Crippen MR) is 76.8 cm³/mol. The van der Waals surface area contributed by atoms with Crippen molar-refractivity contribution in [2.45, 2.75) is 57.9 Å². The summed E-state index contributed by atoms with van der Waals surface area (Å²) >= 11 is 0. The lowest BCUT2D eigenvalue weighted by Gasteiger charge is -2.30. The van der Waals surface area contributed by atoms with Gasteiger partial charge in [-0.25, -0.2) is 0 Å². The van der Waals surface area contributed by atoms with E-state index in [1.54, 1.807) is 0 Å². The van der Waals surface area contributed by atoms with Crippen molar-refractivity contribution < 1.29 is 0 Å². The van der Waals surface area contributed by atoms with E-state index in [-0.39, 0.29) is 0 Å². The zero-order valence-electron chi connectivity index (χ0n) is 11.5. The van der Waals surface area contributed by atoms with Gasteiger partial charge in [0, 0.05) is 12.6 Å². The lowest BCUT2D eigenvalue weighted by Crippen LogP contribution is -2.35. The summed E-state index contributed by atoms with van der Waals surface area (Å²) in [5, 5.41) is 3.77. The molecule has 0 aliphatic heterocycles. The summed E-state index contributed by atoms with van der Waals surface area (Å²) in [6.45, 7) is 3.41. The normalized spacial score (nSPS) is 22.3. The van der Waals surface area contributed by atoms with Crippen LogP contribution in [0.5, 0.6) is 0 Å². The van der Waals surface area contributed by atoms with Crippen molar-refractivity contribution in [2.75, 3.05) is 6.54 Å². The zero-order chi connectivity index (χ0) is 12.4. The van der Waals surface area contributed by atoms with Gasteiger partial charge >= 0.3 is 0 Å². The summed E-state index contributed by atoms with van der Waals surface area (Å²) in [7, 11) is 0. The molecular formula is C17H25N. The molecular weight excluding hydrogens is 218 g/mol. The number of benzene rings is 1. The van der Waals surface area contributed by atoms with Crippen LogP contribution >= 0.6 is 0 Å². The lowest BCUT2D eigenvalue weighted by atomic mass is 9.80. The second kappa shape index (κ2) is 5.05. The van der Waals surface area contributed by atoms with E-state index in [1.165, 1.54) is 62.6 Å². The zero-order valence-corrected chi connectivity index (χ0v) is 11.5. The van der Waals surface area contributed by atoms with E-state index in [4.69, 9.17) is 0 Å². The van der Waals surface area contributed by atoms with Crippen LogP contribution in [0.4, 0.5) is 0 Å². The molecule has 0 aromatic heterocycles. The molecule has 1 N–H and O–H groups in total. The summed E-state index contributed by atoms with van der Waals surface area (Å²) in [6.07, 6.45) is 9.77. The minimum absolute atomic E-state index is 0.553. The Morgan fingerprint density at radius 3 is 2.39 bits per heavy atom. The van der Waals surface area contributed by atoms with E-state index in [1.807, 2.05) is 0 Å². The molecule has 0 spiro atoms. The Morgan fingerprint density at radius 2 is 1.78 bits per heavy atom. The molecule has 1 heteroatoms. The monoisotopic (exact) mass is 243 g/mol. The largest absolute Gasteiger partial charge is 0.313 e. The van der Waals surface area contributed by atoms with Crippen LogP contribution in [-0.4, -0.2) is 12.6 Å². The van der Waals surface area contributed by atoms with E-state index in [0.29, 0.717) is 5.41 Å². The fourth-order valence-corrected chi connectivity index (χ4v) is 3.33. The standard InChI is InChI=1S/C17H25N/c1-14-4-6-15(7-5-14)12-17(10-2-3-11-17)13-18-16-8-9-16/h4-7,16,18H,2-3,8-13H2,1H3. The quantitative estimate of drug-likeness (QED) is 0.828. The van der Waals surface area contributed by atoms with Crippen LogP contribution in [-0.2, 0) is 6.42 Å². The van der Waals surface area contributed by atoms with Gasteiger partial charge < -0.3 is 5.32 Å². The molecule has 2 aliphatic carbocycles. The van der Waals surface area contributed by atoms with Crippen LogP contribution in [0.1, 0.15) is 49.7 Å². The third kappa shape index (κ3) is 2.95. The Balaban J connectivity index is 1.66. The average molecular weight is 243 g/mol. The molecule has 2 fully saturated rings. The molecule has 1 aromatic rings.